The molecule has 2 N–H and O–H groups in total. The van der Waals surface area contributed by atoms with E-state index in [1.165, 1.54) is 0 Å². The van der Waals surface area contributed by atoms with Gasteiger partial charge in [-0.1, -0.05) is 6.08 Å². The van der Waals surface area contributed by atoms with E-state index < -0.39 is 0 Å². The topological polar surface area (TPSA) is 61.4 Å². The first-order valence-electron chi connectivity index (χ1n) is 5.71. The van der Waals surface area contributed by atoms with Gasteiger partial charge in [0.05, 0.1) is 0 Å². The maximum atomic E-state index is 11.7. The van der Waals surface area contributed by atoms with Crippen molar-refractivity contribution >= 4 is 11.8 Å². The third kappa shape index (κ3) is 4.72. The van der Waals surface area contributed by atoms with Crippen LogP contribution in [0.2, 0.25) is 0 Å². The second kappa shape index (κ2) is 6.73. The second-order valence-corrected chi connectivity index (χ2v) is 3.94. The van der Waals surface area contributed by atoms with Crippen molar-refractivity contribution in [1.29, 1.82) is 0 Å². The lowest BCUT2D eigenvalue weighted by Gasteiger charge is -2.16. The van der Waals surface area contributed by atoms with Crippen LogP contribution in [0.1, 0.15) is 19.3 Å². The number of carbonyl (C=O) groups excluding carboxylic acids is 2. The molecule has 0 radical (unpaired) electrons. The molecular formula is C12H19N3O2. The molecule has 1 aliphatic rings. The van der Waals surface area contributed by atoms with E-state index in [0.29, 0.717) is 25.8 Å². The second-order valence-electron chi connectivity index (χ2n) is 3.94. The minimum atomic E-state index is -0.0573. The Labute approximate surface area is 102 Å². The fraction of sp³-hybridized carbons (Fsp3) is 0.500. The van der Waals surface area contributed by atoms with E-state index in [4.69, 9.17) is 0 Å². The average Bonchev–Trinajstić information content (AvgIpc) is 2.34. The van der Waals surface area contributed by atoms with E-state index in [9.17, 15) is 9.59 Å². The third-order valence-corrected chi connectivity index (χ3v) is 2.47. The van der Waals surface area contributed by atoms with Gasteiger partial charge in [0.25, 0.3) is 0 Å². The number of nitrogens with zero attached hydrogens (tertiary/aromatic N) is 1. The lowest BCUT2D eigenvalue weighted by Crippen LogP contribution is -2.28. The van der Waals surface area contributed by atoms with E-state index in [0.717, 1.165) is 5.57 Å². The van der Waals surface area contributed by atoms with Crippen molar-refractivity contribution in [1.82, 2.24) is 15.5 Å². The lowest BCUT2D eigenvalue weighted by atomic mass is 10.1. The lowest BCUT2D eigenvalue weighted by molar-refractivity contribution is -0.121. The molecule has 0 aromatic rings. The van der Waals surface area contributed by atoms with Crippen molar-refractivity contribution < 1.29 is 9.59 Å². The fourth-order valence-corrected chi connectivity index (χ4v) is 1.53. The molecule has 0 fully saturated rings. The van der Waals surface area contributed by atoms with Crippen molar-refractivity contribution in [3.63, 3.8) is 0 Å². The highest BCUT2D eigenvalue weighted by Gasteiger charge is 2.10. The zero-order chi connectivity index (χ0) is 12.7. The minimum Gasteiger partial charge on any atom is -0.359 e. The smallest absolute Gasteiger partial charge is 0.248 e. The van der Waals surface area contributed by atoms with Crippen LogP contribution in [0.25, 0.3) is 0 Å². The van der Waals surface area contributed by atoms with Crippen LogP contribution < -0.4 is 10.6 Å². The Morgan fingerprint density at radius 1 is 1.47 bits per heavy atom. The maximum Gasteiger partial charge on any atom is 0.248 e. The molecule has 0 saturated carbocycles. The number of hydrogen-bond donors (Lipinski definition) is 2. The van der Waals surface area contributed by atoms with Gasteiger partial charge in [-0.25, -0.2) is 0 Å². The molecule has 2 amide bonds. The number of rotatable bonds is 5. The summed E-state index contributed by atoms with van der Waals surface area (Å²) in [5, 5.41) is 5.35. The molecule has 0 aliphatic carbocycles. The molecule has 1 heterocycles. The van der Waals surface area contributed by atoms with Crippen molar-refractivity contribution in [3.8, 4) is 0 Å². The number of hydrogen-bond acceptors (Lipinski definition) is 3. The van der Waals surface area contributed by atoms with Gasteiger partial charge in [0.2, 0.25) is 11.8 Å². The molecule has 0 unspecified atom stereocenters. The molecule has 17 heavy (non-hydrogen) atoms. The van der Waals surface area contributed by atoms with Crippen molar-refractivity contribution in [2.24, 2.45) is 0 Å². The highest BCUT2D eigenvalue weighted by atomic mass is 16.2. The standard InChI is InChI=1S/C12H19N3O2/c1-13-11(16)6-3-7-14-12(17)10-5-4-8-15(2)9-10/h4,8-9H,3,5-7H2,1-2H3,(H,13,16)(H,14,17). The predicted molar refractivity (Wildman–Crippen MR) is 65.9 cm³/mol. The summed E-state index contributed by atoms with van der Waals surface area (Å²) in [6.45, 7) is 0.525. The summed E-state index contributed by atoms with van der Waals surface area (Å²) in [6, 6.07) is 0. The predicted octanol–water partition coefficient (Wildman–Crippen LogP) is 0.362. The molecule has 0 atom stereocenters. The van der Waals surface area contributed by atoms with Gasteiger partial charge < -0.3 is 15.5 Å². The number of amides is 2. The Kier molecular flexibility index (Phi) is 5.26. The van der Waals surface area contributed by atoms with Crippen molar-refractivity contribution in [2.45, 2.75) is 19.3 Å². The van der Waals surface area contributed by atoms with Gasteiger partial charge in [-0.2, -0.15) is 0 Å². The molecule has 0 spiro atoms. The van der Waals surface area contributed by atoms with Gasteiger partial charge >= 0.3 is 0 Å². The van der Waals surface area contributed by atoms with E-state index in [-0.39, 0.29) is 11.8 Å². The van der Waals surface area contributed by atoms with Gasteiger partial charge in [0, 0.05) is 38.8 Å². The van der Waals surface area contributed by atoms with Crippen LogP contribution >= 0.6 is 0 Å². The summed E-state index contributed by atoms with van der Waals surface area (Å²) in [5.41, 5.74) is 0.745. The zero-order valence-electron chi connectivity index (χ0n) is 10.3. The number of allylic oxidation sites excluding steroid dienone is 1. The SMILES string of the molecule is CNC(=O)CCCNC(=O)C1=CN(C)C=CC1. The van der Waals surface area contributed by atoms with Crippen LogP contribution in [0.5, 0.6) is 0 Å². The Morgan fingerprint density at radius 3 is 2.88 bits per heavy atom. The quantitative estimate of drug-likeness (QED) is 0.679. The monoisotopic (exact) mass is 237 g/mol. The maximum absolute atomic E-state index is 11.7. The van der Waals surface area contributed by atoms with Gasteiger partial charge in [-0.15, -0.1) is 0 Å². The van der Waals surface area contributed by atoms with Crippen molar-refractivity contribution in [3.05, 3.63) is 24.0 Å². The van der Waals surface area contributed by atoms with Gasteiger partial charge in [0.1, 0.15) is 0 Å². The number of nitrogens with one attached hydrogen (secondary N) is 2. The summed E-state index contributed by atoms with van der Waals surface area (Å²) < 4.78 is 0. The fourth-order valence-electron chi connectivity index (χ4n) is 1.53. The van der Waals surface area contributed by atoms with Gasteiger partial charge in [-0.05, 0) is 19.0 Å². The Balaban J connectivity index is 2.24. The van der Waals surface area contributed by atoms with Crippen molar-refractivity contribution in [2.75, 3.05) is 20.6 Å². The van der Waals surface area contributed by atoms with Crippen LogP contribution in [0.3, 0.4) is 0 Å². The Bertz CT molecular complexity index is 348. The zero-order valence-corrected chi connectivity index (χ0v) is 10.3. The highest BCUT2D eigenvalue weighted by Crippen LogP contribution is 2.10. The van der Waals surface area contributed by atoms with Crippen LogP contribution in [0.15, 0.2) is 24.0 Å². The van der Waals surface area contributed by atoms with Crippen LogP contribution in [0, 0.1) is 0 Å². The Hall–Kier alpha value is -1.78. The Morgan fingerprint density at radius 2 is 2.24 bits per heavy atom. The molecule has 0 saturated heterocycles. The minimum absolute atomic E-state index is 0.00111. The summed E-state index contributed by atoms with van der Waals surface area (Å²) >= 11 is 0. The first-order valence-corrected chi connectivity index (χ1v) is 5.71. The van der Waals surface area contributed by atoms with E-state index in [1.54, 1.807) is 7.05 Å². The first kappa shape index (κ1) is 13.3. The molecule has 5 nitrogen and oxygen atoms in total. The number of carbonyl (C=O) groups is 2. The van der Waals surface area contributed by atoms with Gasteiger partial charge in [-0.3, -0.25) is 9.59 Å². The highest BCUT2D eigenvalue weighted by molar-refractivity contribution is 5.93. The van der Waals surface area contributed by atoms with Crippen LogP contribution in [0.4, 0.5) is 0 Å². The van der Waals surface area contributed by atoms with Crippen LogP contribution in [-0.2, 0) is 9.59 Å². The summed E-state index contributed by atoms with van der Waals surface area (Å²) in [5.74, 6) is -0.0584. The molecule has 5 heteroatoms. The molecule has 0 aromatic heterocycles. The summed E-state index contributed by atoms with van der Waals surface area (Å²) in [7, 11) is 3.49. The first-order chi connectivity index (χ1) is 8.13. The van der Waals surface area contributed by atoms with Gasteiger partial charge in [0.15, 0.2) is 0 Å². The summed E-state index contributed by atoms with van der Waals surface area (Å²) in [4.78, 5) is 24.5. The normalized spacial score (nSPS) is 14.2. The molecule has 94 valence electrons. The molecule has 0 aromatic carbocycles. The molecular weight excluding hydrogens is 218 g/mol. The van der Waals surface area contributed by atoms with E-state index >= 15 is 0 Å². The molecule has 1 aliphatic heterocycles. The molecule has 1 rings (SSSR count). The van der Waals surface area contributed by atoms with E-state index in [1.807, 2.05) is 30.4 Å². The largest absolute Gasteiger partial charge is 0.359 e. The summed E-state index contributed by atoms with van der Waals surface area (Å²) in [6.07, 6.45) is 7.43. The molecule has 0 bridgehead atoms. The van der Waals surface area contributed by atoms with Crippen LogP contribution in [-0.4, -0.2) is 37.4 Å². The van der Waals surface area contributed by atoms with E-state index in [2.05, 4.69) is 10.6 Å². The average molecular weight is 237 g/mol. The third-order valence-electron chi connectivity index (χ3n) is 2.47.